The van der Waals surface area contributed by atoms with Gasteiger partial charge in [-0.1, -0.05) is 18.5 Å². The van der Waals surface area contributed by atoms with Crippen LogP contribution in [0, 0.1) is 11.7 Å². The van der Waals surface area contributed by atoms with Crippen LogP contribution in [0.4, 0.5) is 4.39 Å². The van der Waals surface area contributed by atoms with E-state index in [0.29, 0.717) is 25.5 Å². The number of carbonyl (C=O) groups is 2. The van der Waals surface area contributed by atoms with Gasteiger partial charge in [0, 0.05) is 23.6 Å². The van der Waals surface area contributed by atoms with Crippen LogP contribution < -0.4 is 10.6 Å². The molecule has 0 bridgehead atoms. The normalized spacial score (nSPS) is 25.1. The number of rotatable bonds is 7. The zero-order valence-electron chi connectivity index (χ0n) is 15.5. The van der Waals surface area contributed by atoms with E-state index in [1.54, 1.807) is 0 Å². The minimum Gasteiger partial charge on any atom is -0.376 e. The van der Waals surface area contributed by atoms with Crippen molar-refractivity contribution in [1.29, 1.82) is 0 Å². The third-order valence-corrected chi connectivity index (χ3v) is 5.34. The van der Waals surface area contributed by atoms with Crippen molar-refractivity contribution >= 4 is 23.4 Å². The molecular weight excluding hydrogens is 371 g/mol. The monoisotopic (exact) mass is 396 g/mol. The molecule has 0 radical (unpaired) electrons. The van der Waals surface area contributed by atoms with Crippen molar-refractivity contribution in [3.63, 3.8) is 0 Å². The van der Waals surface area contributed by atoms with Crippen molar-refractivity contribution in [3.8, 4) is 0 Å². The number of hydrogen-bond acceptors (Lipinski definition) is 3. The van der Waals surface area contributed by atoms with E-state index >= 15 is 0 Å². The summed E-state index contributed by atoms with van der Waals surface area (Å²) >= 11 is 5.76. The highest BCUT2D eigenvalue weighted by Gasteiger charge is 2.37. The van der Waals surface area contributed by atoms with Crippen molar-refractivity contribution < 1.29 is 18.7 Å². The highest BCUT2D eigenvalue weighted by molar-refractivity contribution is 6.30. The fourth-order valence-corrected chi connectivity index (χ4v) is 3.63. The number of carbonyl (C=O) groups excluding carboxylic acids is 2. The molecule has 7 heteroatoms. The third kappa shape index (κ3) is 5.42. The summed E-state index contributed by atoms with van der Waals surface area (Å²) in [6.45, 7) is 2.61. The lowest BCUT2D eigenvalue weighted by Gasteiger charge is -2.36. The summed E-state index contributed by atoms with van der Waals surface area (Å²) in [6.07, 6.45) is 4.69. The highest BCUT2D eigenvalue weighted by Crippen LogP contribution is 2.29. The predicted octanol–water partition coefficient (Wildman–Crippen LogP) is 3.45. The van der Waals surface area contributed by atoms with Gasteiger partial charge in [-0.15, -0.1) is 0 Å². The first-order chi connectivity index (χ1) is 13.0. The maximum atomic E-state index is 14.1. The van der Waals surface area contributed by atoms with Gasteiger partial charge in [0.15, 0.2) is 0 Å². The van der Waals surface area contributed by atoms with Crippen LogP contribution in [-0.4, -0.2) is 36.6 Å². The van der Waals surface area contributed by atoms with Crippen LogP contribution in [0.3, 0.4) is 0 Å². The topological polar surface area (TPSA) is 67.4 Å². The second-order valence-electron chi connectivity index (χ2n) is 7.41. The average Bonchev–Trinajstić information content (AvgIpc) is 3.44. The Balaban J connectivity index is 1.68. The van der Waals surface area contributed by atoms with E-state index in [1.165, 1.54) is 12.1 Å². The minimum absolute atomic E-state index is 0.0448. The van der Waals surface area contributed by atoms with Crippen molar-refractivity contribution in [2.24, 2.45) is 5.92 Å². The van der Waals surface area contributed by atoms with E-state index in [0.717, 1.165) is 31.7 Å². The van der Waals surface area contributed by atoms with Crippen LogP contribution in [0.25, 0.3) is 0 Å². The molecule has 1 aromatic carbocycles. The zero-order chi connectivity index (χ0) is 19.4. The second-order valence-corrected chi connectivity index (χ2v) is 7.84. The van der Waals surface area contributed by atoms with Gasteiger partial charge in [0.25, 0.3) is 5.91 Å². The highest BCUT2D eigenvalue weighted by atomic mass is 35.5. The van der Waals surface area contributed by atoms with Crippen molar-refractivity contribution in [1.82, 2.24) is 10.6 Å². The molecule has 2 fully saturated rings. The van der Waals surface area contributed by atoms with Crippen molar-refractivity contribution in [2.75, 3.05) is 6.61 Å². The number of hydrogen-bond donors (Lipinski definition) is 2. The maximum Gasteiger partial charge on any atom is 0.254 e. The molecule has 3 rings (SSSR count). The molecule has 0 heterocycles. The molecule has 3 atom stereocenters. The van der Waals surface area contributed by atoms with Gasteiger partial charge in [0.05, 0.1) is 17.7 Å². The van der Waals surface area contributed by atoms with E-state index < -0.39 is 11.7 Å². The Bertz CT molecular complexity index is 696. The first kappa shape index (κ1) is 20.1. The number of ether oxygens (including phenoxy) is 1. The Morgan fingerprint density at radius 1 is 1.22 bits per heavy atom. The van der Waals surface area contributed by atoms with E-state index in [4.69, 9.17) is 16.3 Å². The van der Waals surface area contributed by atoms with Gasteiger partial charge in [-0.3, -0.25) is 9.59 Å². The van der Waals surface area contributed by atoms with E-state index in [2.05, 4.69) is 10.6 Å². The standard InChI is InChI=1S/C20H26ClFN2O3/c1-2-9-27-18-8-3-12(19(25)23-14-5-6-14)10-17(18)24-20(26)15-7-4-13(21)11-16(15)22/h4,7,11-12,14,17-18H,2-3,5-6,8-10H2,1H3,(H,23,25)(H,24,26)/t12-,17+,18+/m0/s1. The lowest BCUT2D eigenvalue weighted by atomic mass is 9.82. The molecule has 0 aromatic heterocycles. The van der Waals surface area contributed by atoms with E-state index in [1.807, 2.05) is 6.92 Å². The lowest BCUT2D eigenvalue weighted by Crippen LogP contribution is -2.50. The Kier molecular flexibility index (Phi) is 6.71. The molecule has 2 amide bonds. The van der Waals surface area contributed by atoms with E-state index in [9.17, 15) is 14.0 Å². The summed E-state index contributed by atoms with van der Waals surface area (Å²) < 4.78 is 20.0. The van der Waals surface area contributed by atoms with Crippen LogP contribution >= 0.6 is 11.6 Å². The van der Waals surface area contributed by atoms with Crippen molar-refractivity contribution in [2.45, 2.75) is 63.6 Å². The summed E-state index contributed by atoms with van der Waals surface area (Å²) in [5.41, 5.74) is -0.0572. The van der Waals surface area contributed by atoms with Crippen molar-refractivity contribution in [3.05, 3.63) is 34.6 Å². The molecule has 2 aliphatic rings. The van der Waals surface area contributed by atoms with Crippen LogP contribution in [0.2, 0.25) is 5.02 Å². The first-order valence-electron chi connectivity index (χ1n) is 9.65. The van der Waals surface area contributed by atoms with E-state index in [-0.39, 0.29) is 34.6 Å². The Morgan fingerprint density at radius 3 is 2.67 bits per heavy atom. The lowest BCUT2D eigenvalue weighted by molar-refractivity contribution is -0.127. The van der Waals surface area contributed by atoms with Gasteiger partial charge < -0.3 is 15.4 Å². The molecule has 2 aliphatic carbocycles. The SMILES string of the molecule is CCCO[C@@H]1CC[C@H](C(=O)NC2CC2)C[C@H]1NC(=O)c1ccc(Cl)cc1F. The predicted molar refractivity (Wildman–Crippen MR) is 101 cm³/mol. The molecule has 0 saturated heterocycles. The maximum absolute atomic E-state index is 14.1. The Morgan fingerprint density at radius 2 is 2.00 bits per heavy atom. The van der Waals surface area contributed by atoms with Crippen LogP contribution in [-0.2, 0) is 9.53 Å². The van der Waals surface area contributed by atoms with Crippen LogP contribution in [0.15, 0.2) is 18.2 Å². The summed E-state index contributed by atoms with van der Waals surface area (Å²) in [7, 11) is 0. The fraction of sp³-hybridized carbons (Fsp3) is 0.600. The quantitative estimate of drug-likeness (QED) is 0.741. The molecule has 0 aliphatic heterocycles. The van der Waals surface area contributed by atoms with Gasteiger partial charge in [-0.25, -0.2) is 4.39 Å². The number of benzene rings is 1. The summed E-state index contributed by atoms with van der Waals surface area (Å²) in [5, 5.41) is 6.16. The molecule has 0 spiro atoms. The Labute approximate surface area is 164 Å². The minimum atomic E-state index is -0.662. The third-order valence-electron chi connectivity index (χ3n) is 5.11. The largest absolute Gasteiger partial charge is 0.376 e. The molecule has 0 unspecified atom stereocenters. The number of amides is 2. The molecule has 148 valence electrons. The molecule has 5 nitrogen and oxygen atoms in total. The second kappa shape index (κ2) is 9.02. The summed E-state index contributed by atoms with van der Waals surface area (Å²) in [5.74, 6) is -1.29. The van der Waals surface area contributed by atoms with Crippen LogP contribution in [0.1, 0.15) is 55.8 Å². The fourth-order valence-electron chi connectivity index (χ4n) is 3.47. The van der Waals surface area contributed by atoms with Gasteiger partial charge in [-0.05, 0) is 56.7 Å². The zero-order valence-corrected chi connectivity index (χ0v) is 16.2. The summed E-state index contributed by atoms with van der Waals surface area (Å²) in [6, 6.07) is 3.95. The smallest absolute Gasteiger partial charge is 0.254 e. The van der Waals surface area contributed by atoms with Gasteiger partial charge in [-0.2, -0.15) is 0 Å². The number of nitrogens with one attached hydrogen (secondary N) is 2. The molecule has 27 heavy (non-hydrogen) atoms. The van der Waals surface area contributed by atoms with Crippen LogP contribution in [0.5, 0.6) is 0 Å². The molecule has 2 saturated carbocycles. The Hall–Kier alpha value is -1.66. The number of halogens is 2. The first-order valence-corrected chi connectivity index (χ1v) is 10.0. The van der Waals surface area contributed by atoms with Gasteiger partial charge in [0.2, 0.25) is 5.91 Å². The van der Waals surface area contributed by atoms with Gasteiger partial charge in [0.1, 0.15) is 5.82 Å². The molecule has 1 aromatic rings. The van der Waals surface area contributed by atoms with Gasteiger partial charge >= 0.3 is 0 Å². The summed E-state index contributed by atoms with van der Waals surface area (Å²) in [4.78, 5) is 25.0. The average molecular weight is 397 g/mol. The molecule has 2 N–H and O–H groups in total. The molecular formula is C20H26ClFN2O3.